The van der Waals surface area contributed by atoms with Crippen molar-refractivity contribution in [2.45, 2.75) is 6.92 Å². The van der Waals surface area contributed by atoms with E-state index in [1.54, 1.807) is 43.3 Å². The highest BCUT2D eigenvalue weighted by Gasteiger charge is 2.05. The molecule has 0 saturated heterocycles. The van der Waals surface area contributed by atoms with Crippen LogP contribution in [0, 0.1) is 0 Å². The molecule has 2 rings (SSSR count). The lowest BCUT2D eigenvalue weighted by molar-refractivity contribution is -0.112. The molecule has 5 nitrogen and oxygen atoms in total. The molecular weight excluding hydrogens is 278 g/mol. The highest BCUT2D eigenvalue weighted by molar-refractivity contribution is 6.04. The van der Waals surface area contributed by atoms with Gasteiger partial charge in [0.1, 0.15) is 0 Å². The number of para-hydroxylation sites is 1. The van der Waals surface area contributed by atoms with Crippen LogP contribution in [0.1, 0.15) is 6.92 Å². The molecule has 22 heavy (non-hydrogen) atoms. The van der Waals surface area contributed by atoms with Crippen molar-refractivity contribution in [3.63, 3.8) is 0 Å². The maximum atomic E-state index is 11.9. The van der Waals surface area contributed by atoms with Crippen LogP contribution in [0.15, 0.2) is 66.7 Å². The molecule has 3 amide bonds. The fraction of sp³-hybridized carbons (Fsp3) is 0.0588. The molecule has 0 aliphatic carbocycles. The molecule has 2 aromatic rings. The van der Waals surface area contributed by atoms with Gasteiger partial charge < -0.3 is 16.0 Å². The van der Waals surface area contributed by atoms with Crippen LogP contribution >= 0.6 is 0 Å². The van der Waals surface area contributed by atoms with Gasteiger partial charge in [0.05, 0.1) is 0 Å². The number of rotatable bonds is 4. The normalized spacial score (nSPS) is 9.68. The molecule has 0 saturated carbocycles. The van der Waals surface area contributed by atoms with E-state index in [9.17, 15) is 9.59 Å². The first kappa shape index (κ1) is 15.3. The van der Waals surface area contributed by atoms with Gasteiger partial charge in [0.2, 0.25) is 0 Å². The van der Waals surface area contributed by atoms with Gasteiger partial charge in [0, 0.05) is 22.6 Å². The summed E-state index contributed by atoms with van der Waals surface area (Å²) in [7, 11) is 0. The number of urea groups is 1. The fourth-order valence-corrected chi connectivity index (χ4v) is 1.73. The molecule has 0 atom stereocenters. The van der Waals surface area contributed by atoms with Crippen molar-refractivity contribution >= 4 is 29.0 Å². The quantitative estimate of drug-likeness (QED) is 0.750. The molecule has 0 aromatic heterocycles. The largest absolute Gasteiger partial charge is 0.323 e. The van der Waals surface area contributed by atoms with Crippen LogP contribution in [0.4, 0.5) is 21.9 Å². The molecule has 0 aliphatic rings. The van der Waals surface area contributed by atoms with Gasteiger partial charge in [-0.3, -0.25) is 4.79 Å². The Labute approximate surface area is 129 Å². The van der Waals surface area contributed by atoms with Crippen LogP contribution in [0.3, 0.4) is 0 Å². The van der Waals surface area contributed by atoms with Crippen LogP contribution in [0.25, 0.3) is 0 Å². The van der Waals surface area contributed by atoms with E-state index in [0.717, 1.165) is 0 Å². The second kappa shape index (κ2) is 7.08. The van der Waals surface area contributed by atoms with E-state index in [2.05, 4.69) is 22.5 Å². The molecular formula is C17H17N3O2. The van der Waals surface area contributed by atoms with Gasteiger partial charge in [-0.05, 0) is 37.3 Å². The van der Waals surface area contributed by atoms with Crippen molar-refractivity contribution in [2.75, 3.05) is 16.0 Å². The van der Waals surface area contributed by atoms with Crippen LogP contribution in [0.5, 0.6) is 0 Å². The van der Waals surface area contributed by atoms with Crippen LogP contribution in [-0.4, -0.2) is 11.9 Å². The number of nitrogens with one attached hydrogen (secondary N) is 3. The summed E-state index contributed by atoms with van der Waals surface area (Å²) in [5.74, 6) is -0.258. The second-order valence-electron chi connectivity index (χ2n) is 4.76. The predicted molar refractivity (Wildman–Crippen MR) is 89.0 cm³/mol. The molecule has 0 radical (unpaired) electrons. The Kier molecular flexibility index (Phi) is 4.93. The first-order valence-corrected chi connectivity index (χ1v) is 6.74. The second-order valence-corrected chi connectivity index (χ2v) is 4.76. The highest BCUT2D eigenvalue weighted by atomic mass is 16.2. The zero-order chi connectivity index (χ0) is 15.9. The van der Waals surface area contributed by atoms with Crippen molar-refractivity contribution in [3.8, 4) is 0 Å². The summed E-state index contributed by atoms with van der Waals surface area (Å²) >= 11 is 0. The number of benzene rings is 2. The van der Waals surface area contributed by atoms with Crippen molar-refractivity contribution in [1.29, 1.82) is 0 Å². The number of anilines is 3. The van der Waals surface area contributed by atoms with Crippen molar-refractivity contribution in [2.24, 2.45) is 0 Å². The van der Waals surface area contributed by atoms with Crippen LogP contribution in [0.2, 0.25) is 0 Å². The van der Waals surface area contributed by atoms with Crippen LogP contribution < -0.4 is 16.0 Å². The van der Waals surface area contributed by atoms with Crippen molar-refractivity contribution in [3.05, 3.63) is 66.7 Å². The SMILES string of the molecule is C=C(C)C(=O)Nc1cccc(NC(=O)Nc2ccccc2)c1. The molecule has 0 unspecified atom stereocenters. The summed E-state index contributed by atoms with van der Waals surface area (Å²) in [6.07, 6.45) is 0. The summed E-state index contributed by atoms with van der Waals surface area (Å²) in [4.78, 5) is 23.5. The lowest BCUT2D eigenvalue weighted by atomic mass is 10.2. The summed E-state index contributed by atoms with van der Waals surface area (Å²) in [6.45, 7) is 5.21. The van der Waals surface area contributed by atoms with Gasteiger partial charge in [-0.25, -0.2) is 4.79 Å². The van der Waals surface area contributed by atoms with E-state index in [0.29, 0.717) is 22.6 Å². The van der Waals surface area contributed by atoms with E-state index in [1.807, 2.05) is 18.2 Å². The number of hydrogen-bond acceptors (Lipinski definition) is 2. The Hall–Kier alpha value is -3.08. The maximum Gasteiger partial charge on any atom is 0.323 e. The van der Waals surface area contributed by atoms with E-state index in [1.165, 1.54) is 0 Å². The Balaban J connectivity index is 1.99. The molecule has 0 heterocycles. The molecule has 2 aromatic carbocycles. The van der Waals surface area contributed by atoms with E-state index in [-0.39, 0.29) is 11.9 Å². The minimum atomic E-state index is -0.352. The Morgan fingerprint density at radius 2 is 1.36 bits per heavy atom. The van der Waals surface area contributed by atoms with Gasteiger partial charge in [-0.1, -0.05) is 30.8 Å². The third-order valence-electron chi connectivity index (χ3n) is 2.80. The molecule has 0 bridgehead atoms. The molecule has 0 fully saturated rings. The topological polar surface area (TPSA) is 70.2 Å². The van der Waals surface area contributed by atoms with Gasteiger partial charge >= 0.3 is 6.03 Å². The standard InChI is InChI=1S/C17H17N3O2/c1-12(2)16(21)18-14-9-6-10-15(11-14)20-17(22)19-13-7-4-3-5-8-13/h3-11H,1H2,2H3,(H,18,21)(H2,19,20,22). The summed E-state index contributed by atoms with van der Waals surface area (Å²) < 4.78 is 0. The van der Waals surface area contributed by atoms with Crippen LogP contribution in [-0.2, 0) is 4.79 Å². The Morgan fingerprint density at radius 3 is 2.00 bits per heavy atom. The summed E-state index contributed by atoms with van der Waals surface area (Å²) in [5.41, 5.74) is 2.28. The Bertz CT molecular complexity index is 696. The molecule has 3 N–H and O–H groups in total. The predicted octanol–water partition coefficient (Wildman–Crippen LogP) is 3.85. The van der Waals surface area contributed by atoms with E-state index < -0.39 is 0 Å². The molecule has 0 spiro atoms. The van der Waals surface area contributed by atoms with Gasteiger partial charge in [0.15, 0.2) is 0 Å². The first-order chi connectivity index (χ1) is 10.5. The molecule has 112 valence electrons. The smallest absolute Gasteiger partial charge is 0.322 e. The third-order valence-corrected chi connectivity index (χ3v) is 2.80. The van der Waals surface area contributed by atoms with E-state index in [4.69, 9.17) is 0 Å². The van der Waals surface area contributed by atoms with Gasteiger partial charge in [0.25, 0.3) is 5.91 Å². The third kappa shape index (κ3) is 4.49. The zero-order valence-corrected chi connectivity index (χ0v) is 12.2. The van der Waals surface area contributed by atoms with E-state index >= 15 is 0 Å². The number of hydrogen-bond donors (Lipinski definition) is 3. The summed E-state index contributed by atoms with van der Waals surface area (Å²) in [6, 6.07) is 15.7. The zero-order valence-electron chi connectivity index (χ0n) is 12.2. The average molecular weight is 295 g/mol. The number of carbonyl (C=O) groups is 2. The fourth-order valence-electron chi connectivity index (χ4n) is 1.73. The summed E-state index contributed by atoms with van der Waals surface area (Å²) in [5, 5.41) is 8.12. The van der Waals surface area contributed by atoms with Gasteiger partial charge in [-0.15, -0.1) is 0 Å². The minimum absolute atomic E-state index is 0.258. The highest BCUT2D eigenvalue weighted by Crippen LogP contribution is 2.16. The number of carbonyl (C=O) groups excluding carboxylic acids is 2. The lowest BCUT2D eigenvalue weighted by Crippen LogP contribution is -2.19. The van der Waals surface area contributed by atoms with Gasteiger partial charge in [-0.2, -0.15) is 0 Å². The average Bonchev–Trinajstić information content (AvgIpc) is 2.48. The molecule has 5 heteroatoms. The number of amides is 3. The first-order valence-electron chi connectivity index (χ1n) is 6.74. The Morgan fingerprint density at radius 1 is 0.818 bits per heavy atom. The molecule has 0 aliphatic heterocycles. The lowest BCUT2D eigenvalue weighted by Gasteiger charge is -2.10. The van der Waals surface area contributed by atoms with Crippen molar-refractivity contribution < 1.29 is 9.59 Å². The maximum absolute atomic E-state index is 11.9. The monoisotopic (exact) mass is 295 g/mol. The van der Waals surface area contributed by atoms with Crippen molar-refractivity contribution in [1.82, 2.24) is 0 Å². The minimum Gasteiger partial charge on any atom is -0.322 e.